The van der Waals surface area contributed by atoms with Crippen molar-refractivity contribution in [3.63, 3.8) is 0 Å². The van der Waals surface area contributed by atoms with Crippen LogP contribution in [-0.2, 0) is 5.41 Å². The second-order valence-corrected chi connectivity index (χ2v) is 15.7. The molecule has 2 aliphatic heterocycles. The predicted octanol–water partition coefficient (Wildman–Crippen LogP) is 11.5. The van der Waals surface area contributed by atoms with Gasteiger partial charge in [-0.3, -0.25) is 0 Å². The molecule has 4 heterocycles. The molecule has 0 fully saturated rings. The first-order valence-corrected chi connectivity index (χ1v) is 18.3. The fraction of sp³-hybridized carbons (Fsp3) is 0.0833. The number of hydrogen-bond acceptors (Lipinski definition) is 2. The van der Waals surface area contributed by atoms with Crippen molar-refractivity contribution >= 4 is 94.4 Å². The van der Waals surface area contributed by atoms with Crippen LogP contribution in [-0.4, -0.2) is 11.4 Å². The van der Waals surface area contributed by atoms with Gasteiger partial charge in [-0.05, 0) is 74.0 Å². The van der Waals surface area contributed by atoms with Crippen molar-refractivity contribution in [2.45, 2.75) is 26.2 Å². The van der Waals surface area contributed by atoms with E-state index in [-0.39, 0.29) is 12.3 Å². The van der Waals surface area contributed by atoms with Crippen LogP contribution in [0.25, 0.3) is 82.1 Å². The van der Waals surface area contributed by atoms with E-state index in [4.69, 9.17) is 4.42 Å². The number of fused-ring (bicyclic) bond motifs is 14. The van der Waals surface area contributed by atoms with Gasteiger partial charge in [0.15, 0.2) is 5.58 Å². The van der Waals surface area contributed by atoms with E-state index in [1.165, 1.54) is 82.3 Å². The van der Waals surface area contributed by atoms with Gasteiger partial charge in [-0.25, -0.2) is 0 Å². The van der Waals surface area contributed by atoms with Gasteiger partial charge in [-0.2, -0.15) is 0 Å². The predicted molar refractivity (Wildman–Crippen MR) is 221 cm³/mol. The molecular weight excluding hydrogens is 631 g/mol. The highest BCUT2D eigenvalue weighted by Gasteiger charge is 2.45. The molecule has 0 spiro atoms. The Hall–Kier alpha value is -6.26. The Morgan fingerprint density at radius 3 is 2.10 bits per heavy atom. The Bertz CT molecular complexity index is 3190. The lowest BCUT2D eigenvalue weighted by Crippen LogP contribution is -2.60. The molecule has 0 atom stereocenters. The average molecular weight is 665 g/mol. The number of furan rings is 1. The molecule has 3 nitrogen and oxygen atoms in total. The van der Waals surface area contributed by atoms with E-state index in [2.05, 4.69) is 176 Å². The van der Waals surface area contributed by atoms with Crippen molar-refractivity contribution < 1.29 is 4.42 Å². The molecule has 0 bridgehead atoms. The van der Waals surface area contributed by atoms with E-state index in [1.54, 1.807) is 0 Å². The lowest BCUT2D eigenvalue weighted by Gasteiger charge is -2.43. The van der Waals surface area contributed by atoms with Crippen LogP contribution in [0.3, 0.4) is 0 Å². The molecule has 0 unspecified atom stereocenters. The third-order valence-electron chi connectivity index (χ3n) is 11.9. The molecule has 2 aromatic heterocycles. The molecule has 12 rings (SSSR count). The molecule has 0 saturated carbocycles. The maximum absolute atomic E-state index is 6.82. The van der Waals surface area contributed by atoms with E-state index in [1.807, 2.05) is 0 Å². The highest BCUT2D eigenvalue weighted by atomic mass is 16.3. The Morgan fingerprint density at radius 2 is 1.23 bits per heavy atom. The van der Waals surface area contributed by atoms with Crippen LogP contribution < -0.4 is 15.7 Å². The fourth-order valence-corrected chi connectivity index (χ4v) is 9.58. The highest BCUT2D eigenvalue weighted by molar-refractivity contribution is 6.94. The second kappa shape index (κ2) is 9.74. The topological polar surface area (TPSA) is 21.3 Å². The smallest absolute Gasteiger partial charge is 0.333 e. The average Bonchev–Trinajstić information content (AvgIpc) is 3.73. The summed E-state index contributed by atoms with van der Waals surface area (Å²) in [5.74, 6) is 0. The number of nitrogens with zero attached hydrogens (tertiary/aromatic N) is 2. The molecule has 4 heteroatoms. The summed E-state index contributed by atoms with van der Waals surface area (Å²) in [5.41, 5.74) is 14.5. The number of anilines is 2. The van der Waals surface area contributed by atoms with Crippen molar-refractivity contribution in [2.24, 2.45) is 0 Å². The third-order valence-corrected chi connectivity index (χ3v) is 11.9. The SMILES string of the molecule is CC(C)(C)c1ccc2c(c1)-c1c3c(cc4ccccc14)-n1c4c(cccc4c4ccc5ccccc5c41)B3N2c1cccc2c1oc1ccccc12. The summed E-state index contributed by atoms with van der Waals surface area (Å²) in [4.78, 5) is 2.60. The van der Waals surface area contributed by atoms with E-state index < -0.39 is 0 Å². The summed E-state index contributed by atoms with van der Waals surface area (Å²) in [7, 11) is 0. The van der Waals surface area contributed by atoms with Crippen LogP contribution in [0.2, 0.25) is 0 Å². The van der Waals surface area contributed by atoms with Gasteiger partial charge in [-0.15, -0.1) is 0 Å². The minimum atomic E-state index is -0.0896. The van der Waals surface area contributed by atoms with Gasteiger partial charge in [0, 0.05) is 43.9 Å². The largest absolute Gasteiger partial charge is 0.454 e. The number of rotatable bonds is 1. The van der Waals surface area contributed by atoms with Gasteiger partial charge in [0.1, 0.15) is 5.58 Å². The second-order valence-electron chi connectivity index (χ2n) is 15.7. The highest BCUT2D eigenvalue weighted by Crippen LogP contribution is 2.50. The monoisotopic (exact) mass is 664 g/mol. The molecule has 0 aliphatic carbocycles. The third kappa shape index (κ3) is 3.52. The standard InChI is InChI=1S/C48H33BN2O/c1-48(2,3)30-23-25-39-37(27-30)43-31-14-6-5-13-29(31)26-41-44(43)49(51(39)40-20-11-18-36-33-16-8-9-21-42(33)52-47(36)40)38-19-10-17-34-35-24-22-28-12-4-7-15-32(28)45(35)50(41)46(34)38/h4-27H,1-3H3. The van der Waals surface area contributed by atoms with Crippen LogP contribution in [0.1, 0.15) is 26.3 Å². The molecule has 0 radical (unpaired) electrons. The summed E-state index contributed by atoms with van der Waals surface area (Å²) in [6.45, 7) is 6.86. The van der Waals surface area contributed by atoms with E-state index >= 15 is 0 Å². The van der Waals surface area contributed by atoms with Gasteiger partial charge in [-0.1, -0.05) is 136 Å². The molecule has 2 aliphatic rings. The van der Waals surface area contributed by atoms with Crippen molar-refractivity contribution in [1.29, 1.82) is 0 Å². The van der Waals surface area contributed by atoms with Crippen LogP contribution in [0.4, 0.5) is 11.4 Å². The van der Waals surface area contributed by atoms with Crippen molar-refractivity contribution in [3.8, 4) is 16.8 Å². The maximum atomic E-state index is 6.82. The Balaban J connectivity index is 1.31. The zero-order chi connectivity index (χ0) is 34.5. The quantitative estimate of drug-likeness (QED) is 0.163. The fourth-order valence-electron chi connectivity index (χ4n) is 9.58. The summed E-state index contributed by atoms with van der Waals surface area (Å²) >= 11 is 0. The lowest BCUT2D eigenvalue weighted by atomic mass is 9.43. The zero-order valence-electron chi connectivity index (χ0n) is 29.2. The number of aromatic nitrogens is 1. The Labute approximate surface area is 301 Å². The van der Waals surface area contributed by atoms with Crippen LogP contribution in [0.5, 0.6) is 0 Å². The van der Waals surface area contributed by atoms with E-state index in [9.17, 15) is 0 Å². The van der Waals surface area contributed by atoms with Crippen LogP contribution in [0.15, 0.2) is 150 Å². The normalized spacial score (nSPS) is 13.6. The molecule has 244 valence electrons. The first-order chi connectivity index (χ1) is 25.5. The summed E-state index contributed by atoms with van der Waals surface area (Å²) < 4.78 is 9.42. The summed E-state index contributed by atoms with van der Waals surface area (Å²) in [6, 6.07) is 54.1. The van der Waals surface area contributed by atoms with Gasteiger partial charge < -0.3 is 13.8 Å². The molecule has 0 N–H and O–H groups in total. The summed E-state index contributed by atoms with van der Waals surface area (Å²) in [6.07, 6.45) is 0. The minimum absolute atomic E-state index is 0.0194. The van der Waals surface area contributed by atoms with E-state index in [0.29, 0.717) is 0 Å². The molecule has 8 aromatic carbocycles. The van der Waals surface area contributed by atoms with Gasteiger partial charge in [0.25, 0.3) is 0 Å². The first kappa shape index (κ1) is 28.4. The molecule has 52 heavy (non-hydrogen) atoms. The lowest BCUT2D eigenvalue weighted by molar-refractivity contribution is 0.590. The molecule has 10 aromatic rings. The number of para-hydroxylation sites is 3. The van der Waals surface area contributed by atoms with Crippen molar-refractivity contribution in [1.82, 2.24) is 4.57 Å². The zero-order valence-corrected chi connectivity index (χ0v) is 29.2. The number of benzene rings is 8. The van der Waals surface area contributed by atoms with Crippen molar-refractivity contribution in [2.75, 3.05) is 4.81 Å². The van der Waals surface area contributed by atoms with Crippen molar-refractivity contribution in [3.05, 3.63) is 151 Å². The summed E-state index contributed by atoms with van der Waals surface area (Å²) in [5, 5.41) is 9.93. The first-order valence-electron chi connectivity index (χ1n) is 18.3. The van der Waals surface area contributed by atoms with E-state index in [0.717, 1.165) is 27.6 Å². The Kier molecular flexibility index (Phi) is 5.33. The molecule has 0 saturated heterocycles. The molecular formula is C48H33BN2O. The maximum Gasteiger partial charge on any atom is 0.333 e. The minimum Gasteiger partial charge on any atom is -0.454 e. The van der Waals surface area contributed by atoms with Crippen LogP contribution >= 0.6 is 0 Å². The van der Waals surface area contributed by atoms with Gasteiger partial charge >= 0.3 is 6.85 Å². The Morgan fingerprint density at radius 1 is 0.519 bits per heavy atom. The van der Waals surface area contributed by atoms with Gasteiger partial charge in [0.05, 0.1) is 16.7 Å². The molecule has 0 amide bonds. The van der Waals surface area contributed by atoms with Gasteiger partial charge in [0.2, 0.25) is 0 Å². The van der Waals surface area contributed by atoms with Crippen LogP contribution in [0, 0.1) is 0 Å². The number of hydrogen-bond donors (Lipinski definition) is 0.